The molecule has 0 heterocycles. The van der Waals surface area contributed by atoms with Crippen molar-refractivity contribution in [2.75, 3.05) is 6.54 Å². The number of carbonyl (C=O) groups is 2. The third kappa shape index (κ3) is 5.81. The van der Waals surface area contributed by atoms with Crippen molar-refractivity contribution in [1.29, 1.82) is 0 Å². The fourth-order valence-corrected chi connectivity index (χ4v) is 2.45. The summed E-state index contributed by atoms with van der Waals surface area (Å²) in [6, 6.07) is 7.03. The maximum Gasteiger partial charge on any atom is 0.251 e. The first-order valence-corrected chi connectivity index (χ1v) is 8.13. The van der Waals surface area contributed by atoms with Crippen LogP contribution in [0.25, 0.3) is 0 Å². The summed E-state index contributed by atoms with van der Waals surface area (Å²) in [7, 11) is 0. The van der Waals surface area contributed by atoms with Gasteiger partial charge in [-0.25, -0.2) is 0 Å². The summed E-state index contributed by atoms with van der Waals surface area (Å²) in [5.41, 5.74) is 1.04. The molecular formula is C19H28N2O3. The first kappa shape index (κ1) is 19.9. The van der Waals surface area contributed by atoms with Gasteiger partial charge in [-0.3, -0.25) is 9.59 Å². The normalized spacial score (nSPS) is 12.6. The SMILES string of the molecule is C=CC(=O)NCc1ccc(C(=O)NCC(C)(C)C(O)C(C)C)cc1. The molecule has 0 saturated carbocycles. The Kier molecular flexibility index (Phi) is 7.17. The molecule has 1 aromatic carbocycles. The number of rotatable bonds is 8. The van der Waals surface area contributed by atoms with Crippen molar-refractivity contribution in [1.82, 2.24) is 10.6 Å². The number of nitrogens with one attached hydrogen (secondary N) is 2. The Labute approximate surface area is 144 Å². The number of benzene rings is 1. The van der Waals surface area contributed by atoms with Crippen LogP contribution in [0.1, 0.15) is 43.6 Å². The molecule has 0 radical (unpaired) electrons. The average molecular weight is 332 g/mol. The molecule has 5 heteroatoms. The molecule has 0 spiro atoms. The van der Waals surface area contributed by atoms with Crippen LogP contribution in [0, 0.1) is 11.3 Å². The van der Waals surface area contributed by atoms with Crippen molar-refractivity contribution < 1.29 is 14.7 Å². The molecule has 0 saturated heterocycles. The zero-order valence-corrected chi connectivity index (χ0v) is 14.9. The summed E-state index contributed by atoms with van der Waals surface area (Å²) in [5, 5.41) is 15.8. The Hall–Kier alpha value is -2.14. The summed E-state index contributed by atoms with van der Waals surface area (Å²) < 4.78 is 0. The second kappa shape index (κ2) is 8.64. The lowest BCUT2D eigenvalue weighted by atomic mass is 9.80. The molecule has 1 unspecified atom stereocenters. The Bertz CT molecular complexity index is 577. The van der Waals surface area contributed by atoms with E-state index in [4.69, 9.17) is 0 Å². The largest absolute Gasteiger partial charge is 0.392 e. The molecule has 0 bridgehead atoms. The average Bonchev–Trinajstić information content (AvgIpc) is 2.57. The van der Waals surface area contributed by atoms with Gasteiger partial charge >= 0.3 is 0 Å². The molecule has 0 aromatic heterocycles. The van der Waals surface area contributed by atoms with Crippen LogP contribution >= 0.6 is 0 Å². The van der Waals surface area contributed by atoms with E-state index in [1.54, 1.807) is 24.3 Å². The highest BCUT2D eigenvalue weighted by Crippen LogP contribution is 2.25. The maximum atomic E-state index is 12.2. The molecule has 24 heavy (non-hydrogen) atoms. The minimum Gasteiger partial charge on any atom is -0.392 e. The van der Waals surface area contributed by atoms with Crippen molar-refractivity contribution in [3.63, 3.8) is 0 Å². The van der Waals surface area contributed by atoms with E-state index in [9.17, 15) is 14.7 Å². The van der Waals surface area contributed by atoms with Crippen molar-refractivity contribution in [3.05, 3.63) is 48.0 Å². The Morgan fingerprint density at radius 2 is 1.79 bits per heavy atom. The van der Waals surface area contributed by atoms with Gasteiger partial charge in [0.1, 0.15) is 0 Å². The number of aliphatic hydroxyl groups excluding tert-OH is 1. The third-order valence-electron chi connectivity index (χ3n) is 4.00. The van der Waals surface area contributed by atoms with Gasteiger partial charge in [0, 0.05) is 24.1 Å². The zero-order chi connectivity index (χ0) is 18.3. The lowest BCUT2D eigenvalue weighted by Crippen LogP contribution is -2.43. The van der Waals surface area contributed by atoms with Crippen LogP contribution in [0.2, 0.25) is 0 Å². The van der Waals surface area contributed by atoms with E-state index in [0.29, 0.717) is 18.7 Å². The predicted octanol–water partition coefficient (Wildman–Crippen LogP) is 2.26. The molecule has 1 atom stereocenters. The number of hydrogen-bond donors (Lipinski definition) is 3. The van der Waals surface area contributed by atoms with E-state index < -0.39 is 11.5 Å². The first-order chi connectivity index (χ1) is 11.2. The molecule has 2 amide bonds. The number of aliphatic hydroxyl groups is 1. The summed E-state index contributed by atoms with van der Waals surface area (Å²) in [5.74, 6) is -0.287. The second-order valence-corrected chi connectivity index (χ2v) is 6.98. The van der Waals surface area contributed by atoms with Crippen molar-refractivity contribution in [2.45, 2.75) is 40.3 Å². The van der Waals surface area contributed by atoms with Gasteiger partial charge in [0.25, 0.3) is 5.91 Å². The zero-order valence-electron chi connectivity index (χ0n) is 14.9. The predicted molar refractivity (Wildman–Crippen MR) is 95.4 cm³/mol. The minimum atomic E-state index is -0.492. The highest BCUT2D eigenvalue weighted by Gasteiger charge is 2.30. The molecule has 0 fully saturated rings. The summed E-state index contributed by atoms with van der Waals surface area (Å²) >= 11 is 0. The van der Waals surface area contributed by atoms with Gasteiger partial charge < -0.3 is 15.7 Å². The lowest BCUT2D eigenvalue weighted by Gasteiger charge is -2.33. The summed E-state index contributed by atoms with van der Waals surface area (Å²) in [6.07, 6.45) is 0.725. The van der Waals surface area contributed by atoms with E-state index in [-0.39, 0.29) is 17.7 Å². The Morgan fingerprint density at radius 3 is 2.29 bits per heavy atom. The maximum absolute atomic E-state index is 12.2. The van der Waals surface area contributed by atoms with Crippen LogP contribution in [0.4, 0.5) is 0 Å². The van der Waals surface area contributed by atoms with Gasteiger partial charge in [-0.2, -0.15) is 0 Å². The van der Waals surface area contributed by atoms with Crippen molar-refractivity contribution in [2.24, 2.45) is 11.3 Å². The fraction of sp³-hybridized carbons (Fsp3) is 0.474. The number of carbonyl (C=O) groups excluding carboxylic acids is 2. The van der Waals surface area contributed by atoms with Crippen LogP contribution in [0.15, 0.2) is 36.9 Å². The van der Waals surface area contributed by atoms with Gasteiger partial charge in [0.15, 0.2) is 0 Å². The van der Waals surface area contributed by atoms with Gasteiger partial charge in [0.05, 0.1) is 6.10 Å². The van der Waals surface area contributed by atoms with Crippen molar-refractivity contribution >= 4 is 11.8 Å². The van der Waals surface area contributed by atoms with E-state index in [1.807, 2.05) is 27.7 Å². The third-order valence-corrected chi connectivity index (χ3v) is 4.00. The van der Waals surface area contributed by atoms with E-state index >= 15 is 0 Å². The molecule has 0 aliphatic heterocycles. The van der Waals surface area contributed by atoms with Gasteiger partial charge in [-0.15, -0.1) is 0 Å². The fourth-order valence-electron chi connectivity index (χ4n) is 2.45. The standard InChI is InChI=1S/C19H28N2O3/c1-6-16(22)20-11-14-7-9-15(10-8-14)18(24)21-12-19(4,5)17(23)13(2)3/h6-10,13,17,23H,1,11-12H2,2-5H3,(H,20,22)(H,21,24). The molecule has 1 rings (SSSR count). The smallest absolute Gasteiger partial charge is 0.251 e. The topological polar surface area (TPSA) is 78.4 Å². The highest BCUT2D eigenvalue weighted by atomic mass is 16.3. The van der Waals surface area contributed by atoms with Gasteiger partial charge in [-0.05, 0) is 29.7 Å². The summed E-state index contributed by atoms with van der Waals surface area (Å²) in [6.45, 7) is 12.0. The molecule has 1 aromatic rings. The van der Waals surface area contributed by atoms with Crippen LogP contribution in [-0.4, -0.2) is 29.6 Å². The monoisotopic (exact) mass is 332 g/mol. The second-order valence-electron chi connectivity index (χ2n) is 6.98. The van der Waals surface area contributed by atoms with Crippen LogP contribution in [0.5, 0.6) is 0 Å². The van der Waals surface area contributed by atoms with E-state index in [2.05, 4.69) is 17.2 Å². The van der Waals surface area contributed by atoms with Crippen LogP contribution in [0.3, 0.4) is 0 Å². The number of hydrogen-bond acceptors (Lipinski definition) is 3. The lowest BCUT2D eigenvalue weighted by molar-refractivity contribution is -0.116. The Morgan fingerprint density at radius 1 is 1.21 bits per heavy atom. The summed E-state index contributed by atoms with van der Waals surface area (Å²) in [4.78, 5) is 23.4. The molecule has 5 nitrogen and oxygen atoms in total. The van der Waals surface area contributed by atoms with Crippen LogP contribution < -0.4 is 10.6 Å². The molecule has 0 aliphatic rings. The van der Waals surface area contributed by atoms with Gasteiger partial charge in [-0.1, -0.05) is 46.4 Å². The highest BCUT2D eigenvalue weighted by molar-refractivity contribution is 5.94. The van der Waals surface area contributed by atoms with Crippen LogP contribution in [-0.2, 0) is 11.3 Å². The quantitative estimate of drug-likeness (QED) is 0.639. The molecule has 0 aliphatic carbocycles. The minimum absolute atomic E-state index is 0.127. The Balaban J connectivity index is 2.59. The van der Waals surface area contributed by atoms with E-state index in [1.165, 1.54) is 6.08 Å². The first-order valence-electron chi connectivity index (χ1n) is 8.13. The van der Waals surface area contributed by atoms with Gasteiger partial charge in [0.2, 0.25) is 5.91 Å². The molecular weight excluding hydrogens is 304 g/mol. The number of amides is 2. The van der Waals surface area contributed by atoms with Crippen molar-refractivity contribution in [3.8, 4) is 0 Å². The molecule has 3 N–H and O–H groups in total. The molecule has 132 valence electrons. The van der Waals surface area contributed by atoms with E-state index in [0.717, 1.165) is 5.56 Å².